The van der Waals surface area contributed by atoms with E-state index in [-0.39, 0.29) is 16.4 Å². The molecule has 0 unspecified atom stereocenters. The van der Waals surface area contributed by atoms with Crippen LogP contribution in [0, 0.1) is 0 Å². The minimum atomic E-state index is -3.56. The molecule has 0 aliphatic rings. The van der Waals surface area contributed by atoms with Crippen molar-refractivity contribution < 1.29 is 13.2 Å². The molecule has 7 nitrogen and oxygen atoms in total. The summed E-state index contributed by atoms with van der Waals surface area (Å²) < 4.78 is 24.4. The first-order chi connectivity index (χ1) is 11.7. The zero-order valence-corrected chi connectivity index (χ0v) is 15.4. The van der Waals surface area contributed by atoms with E-state index in [1.807, 2.05) is 6.92 Å². The average Bonchev–Trinajstić information content (AvgIpc) is 2.53. The number of amides is 1. The van der Waals surface area contributed by atoms with Gasteiger partial charge in [0.15, 0.2) is 15.8 Å². The number of pyridine rings is 1. The van der Waals surface area contributed by atoms with Crippen LogP contribution in [-0.4, -0.2) is 31.5 Å². The lowest BCUT2D eigenvalue weighted by Crippen LogP contribution is -2.24. The third kappa shape index (κ3) is 4.80. The number of benzene rings is 1. The Morgan fingerprint density at radius 3 is 2.40 bits per heavy atom. The van der Waals surface area contributed by atoms with E-state index in [1.54, 1.807) is 30.6 Å². The molecular weight excluding hydrogens is 360 g/mol. The van der Waals surface area contributed by atoms with Crippen molar-refractivity contribution in [3.8, 4) is 0 Å². The summed E-state index contributed by atoms with van der Waals surface area (Å²) in [5, 5.41) is 0. The van der Waals surface area contributed by atoms with Crippen molar-refractivity contribution in [2.24, 2.45) is 16.5 Å². The van der Waals surface area contributed by atoms with E-state index < -0.39 is 15.7 Å². The third-order valence-corrected chi connectivity index (χ3v) is 5.62. The van der Waals surface area contributed by atoms with Crippen molar-refractivity contribution in [1.82, 2.24) is 4.98 Å². The van der Waals surface area contributed by atoms with Crippen LogP contribution in [0.1, 0.15) is 22.8 Å². The van der Waals surface area contributed by atoms with Crippen LogP contribution in [0.25, 0.3) is 0 Å². The van der Waals surface area contributed by atoms with Gasteiger partial charge in [0.2, 0.25) is 0 Å². The van der Waals surface area contributed by atoms with Crippen LogP contribution < -0.4 is 11.5 Å². The highest BCUT2D eigenvalue weighted by Gasteiger charge is 2.21. The molecule has 1 heterocycles. The molecule has 0 atom stereocenters. The number of guanidine groups is 1. The van der Waals surface area contributed by atoms with Gasteiger partial charge in [-0.3, -0.25) is 9.78 Å². The molecule has 0 aliphatic heterocycles. The lowest BCUT2D eigenvalue weighted by molar-refractivity contribution is 0.100. The standard InChI is InChI=1S/C16H18N4O3S2/c1-3-10-8-13(24-11-4-6-19-7-5-11)14(25(2,22)23)9-12(10)15(21)20-16(17)18/h4-9H,3H2,1-2H3,(H4,17,18,20,21). The zero-order chi connectivity index (χ0) is 18.6. The number of carbonyl (C=O) groups excluding carboxylic acids is 1. The number of rotatable bonds is 5. The Hall–Kier alpha value is -2.39. The smallest absolute Gasteiger partial charge is 0.280 e. The molecule has 1 aromatic carbocycles. The van der Waals surface area contributed by atoms with Gasteiger partial charge in [0.1, 0.15) is 0 Å². The van der Waals surface area contributed by atoms with E-state index in [0.717, 1.165) is 11.2 Å². The number of hydrogen-bond acceptors (Lipinski definition) is 5. The van der Waals surface area contributed by atoms with Crippen LogP contribution in [-0.2, 0) is 16.3 Å². The summed E-state index contributed by atoms with van der Waals surface area (Å²) in [4.78, 5) is 21.1. The molecule has 2 aromatic rings. The number of aliphatic imine (C=N–C) groups is 1. The molecule has 25 heavy (non-hydrogen) atoms. The van der Waals surface area contributed by atoms with Crippen molar-refractivity contribution in [2.75, 3.05) is 6.26 Å². The van der Waals surface area contributed by atoms with Crippen LogP contribution in [0.5, 0.6) is 0 Å². The van der Waals surface area contributed by atoms with Crippen LogP contribution >= 0.6 is 11.8 Å². The van der Waals surface area contributed by atoms with E-state index in [4.69, 9.17) is 11.5 Å². The summed E-state index contributed by atoms with van der Waals surface area (Å²) in [7, 11) is -3.56. The fourth-order valence-electron chi connectivity index (χ4n) is 2.17. The van der Waals surface area contributed by atoms with Crippen molar-refractivity contribution in [3.05, 3.63) is 47.8 Å². The van der Waals surface area contributed by atoms with Gasteiger partial charge in [0.05, 0.1) is 4.90 Å². The first-order valence-electron chi connectivity index (χ1n) is 7.31. The van der Waals surface area contributed by atoms with Gasteiger partial charge >= 0.3 is 0 Å². The Kier molecular flexibility index (Phi) is 5.81. The first kappa shape index (κ1) is 18.9. The Labute approximate surface area is 150 Å². The van der Waals surface area contributed by atoms with Crippen molar-refractivity contribution in [1.29, 1.82) is 0 Å². The number of sulfone groups is 1. The second kappa shape index (κ2) is 7.66. The van der Waals surface area contributed by atoms with Crippen molar-refractivity contribution in [3.63, 3.8) is 0 Å². The van der Waals surface area contributed by atoms with Gasteiger partial charge in [-0.25, -0.2) is 8.42 Å². The minimum absolute atomic E-state index is 0.0562. The summed E-state index contributed by atoms with van der Waals surface area (Å²) in [6.45, 7) is 1.86. The number of hydrogen-bond donors (Lipinski definition) is 2. The molecule has 1 amide bonds. The fourth-order valence-corrected chi connectivity index (χ4v) is 4.38. The average molecular weight is 378 g/mol. The van der Waals surface area contributed by atoms with Gasteiger partial charge in [-0.05, 0) is 36.2 Å². The van der Waals surface area contributed by atoms with Crippen LogP contribution in [0.15, 0.2) is 56.3 Å². The number of aromatic nitrogens is 1. The number of nitrogens with zero attached hydrogens (tertiary/aromatic N) is 2. The van der Waals surface area contributed by atoms with Crippen LogP contribution in [0.3, 0.4) is 0 Å². The molecule has 4 N–H and O–H groups in total. The summed E-state index contributed by atoms with van der Waals surface area (Å²) in [6.07, 6.45) is 4.87. The lowest BCUT2D eigenvalue weighted by Gasteiger charge is -2.13. The van der Waals surface area contributed by atoms with Crippen LogP contribution in [0.2, 0.25) is 0 Å². The van der Waals surface area contributed by atoms with E-state index in [9.17, 15) is 13.2 Å². The Morgan fingerprint density at radius 2 is 1.88 bits per heavy atom. The highest BCUT2D eigenvalue weighted by molar-refractivity contribution is 8.00. The quantitative estimate of drug-likeness (QED) is 0.597. The van der Waals surface area contributed by atoms with Crippen molar-refractivity contribution in [2.45, 2.75) is 28.0 Å². The second-order valence-corrected chi connectivity index (χ2v) is 8.31. The van der Waals surface area contributed by atoms with Gasteiger partial charge in [0.25, 0.3) is 5.91 Å². The van der Waals surface area contributed by atoms with Crippen LogP contribution in [0.4, 0.5) is 0 Å². The molecule has 1 aromatic heterocycles. The van der Waals surface area contributed by atoms with Gasteiger partial charge in [-0.15, -0.1) is 0 Å². The largest absolute Gasteiger partial charge is 0.370 e. The minimum Gasteiger partial charge on any atom is -0.370 e. The highest BCUT2D eigenvalue weighted by atomic mass is 32.2. The second-order valence-electron chi connectivity index (χ2n) is 5.21. The van der Waals surface area contributed by atoms with Crippen molar-refractivity contribution >= 4 is 33.5 Å². The maximum atomic E-state index is 12.2. The molecule has 0 saturated heterocycles. The molecule has 0 bridgehead atoms. The van der Waals surface area contributed by atoms with E-state index in [1.165, 1.54) is 17.8 Å². The molecule has 0 radical (unpaired) electrons. The summed E-state index contributed by atoms with van der Waals surface area (Å²) >= 11 is 1.29. The maximum absolute atomic E-state index is 12.2. The zero-order valence-electron chi connectivity index (χ0n) is 13.8. The number of aryl methyl sites for hydroxylation is 1. The van der Waals surface area contributed by atoms with Gasteiger partial charge in [0, 0.05) is 34.0 Å². The molecular formula is C16H18N4O3S2. The van der Waals surface area contributed by atoms with E-state index in [0.29, 0.717) is 16.9 Å². The summed E-state index contributed by atoms with van der Waals surface area (Å²) in [5.74, 6) is -1.04. The normalized spacial score (nSPS) is 11.1. The van der Waals surface area contributed by atoms with Gasteiger partial charge in [-0.1, -0.05) is 18.7 Å². The third-order valence-electron chi connectivity index (χ3n) is 3.29. The van der Waals surface area contributed by atoms with E-state index >= 15 is 0 Å². The summed E-state index contributed by atoms with van der Waals surface area (Å²) in [6, 6.07) is 6.59. The predicted molar refractivity (Wildman–Crippen MR) is 97.4 cm³/mol. The number of carbonyl (C=O) groups is 1. The first-order valence-corrected chi connectivity index (χ1v) is 10.0. The predicted octanol–water partition coefficient (Wildman–Crippen LogP) is 1.61. The Morgan fingerprint density at radius 1 is 1.24 bits per heavy atom. The molecule has 0 fully saturated rings. The SMILES string of the molecule is CCc1cc(Sc2ccncc2)c(S(C)(=O)=O)cc1C(=O)N=C(N)N. The Balaban J connectivity index is 2.64. The number of nitrogens with two attached hydrogens (primary N) is 2. The molecule has 0 aliphatic carbocycles. The van der Waals surface area contributed by atoms with Gasteiger partial charge < -0.3 is 11.5 Å². The Bertz CT molecular complexity index is 922. The fraction of sp³-hybridized carbons (Fsp3) is 0.188. The maximum Gasteiger partial charge on any atom is 0.280 e. The van der Waals surface area contributed by atoms with Gasteiger partial charge in [-0.2, -0.15) is 4.99 Å². The summed E-state index contributed by atoms with van der Waals surface area (Å²) in [5.41, 5.74) is 11.4. The topological polar surface area (TPSA) is 128 Å². The molecule has 2 rings (SSSR count). The molecule has 0 spiro atoms. The lowest BCUT2D eigenvalue weighted by atomic mass is 10.0. The highest BCUT2D eigenvalue weighted by Crippen LogP contribution is 2.35. The molecule has 132 valence electrons. The molecule has 0 saturated carbocycles. The molecule has 9 heteroatoms. The van der Waals surface area contributed by atoms with E-state index in [2.05, 4.69) is 9.98 Å². The monoisotopic (exact) mass is 378 g/mol.